The Labute approximate surface area is 168 Å². The molecular formula is C19H17N5O4S. The first-order valence-electron chi connectivity index (χ1n) is 8.86. The summed E-state index contributed by atoms with van der Waals surface area (Å²) in [5, 5.41) is 6.83. The second-order valence-electron chi connectivity index (χ2n) is 6.36. The number of thiazole rings is 1. The number of hydrogen-bond donors (Lipinski definition) is 1. The summed E-state index contributed by atoms with van der Waals surface area (Å²) in [7, 11) is 1.80. The third-order valence-electron chi connectivity index (χ3n) is 4.31. The quantitative estimate of drug-likeness (QED) is 0.382. The number of rotatable bonds is 6. The van der Waals surface area contributed by atoms with Gasteiger partial charge in [0.05, 0.1) is 23.7 Å². The number of aryl methyl sites for hydroxylation is 1. The van der Waals surface area contributed by atoms with E-state index in [-0.39, 0.29) is 24.4 Å². The van der Waals surface area contributed by atoms with Gasteiger partial charge in [-0.15, -0.1) is 11.3 Å². The average molecular weight is 411 g/mol. The fraction of sp³-hybridized carbons (Fsp3) is 0.211. The number of benzene rings is 1. The molecule has 4 aromatic rings. The highest BCUT2D eigenvalue weighted by Gasteiger charge is 2.14. The fourth-order valence-corrected chi connectivity index (χ4v) is 3.66. The number of aromatic nitrogens is 5. The fourth-order valence-electron chi connectivity index (χ4n) is 2.90. The molecule has 0 fully saturated rings. The number of carbonyl (C=O) groups is 1. The minimum Gasteiger partial charge on any atom is -0.461 e. The molecule has 29 heavy (non-hydrogen) atoms. The molecule has 9 nitrogen and oxygen atoms in total. The van der Waals surface area contributed by atoms with E-state index >= 15 is 0 Å². The van der Waals surface area contributed by atoms with Crippen LogP contribution in [0.5, 0.6) is 0 Å². The molecule has 0 aliphatic carbocycles. The molecule has 4 rings (SSSR count). The van der Waals surface area contributed by atoms with Gasteiger partial charge in [-0.1, -0.05) is 12.1 Å². The number of aromatic amines is 1. The number of esters is 1. The maximum Gasteiger partial charge on any atom is 0.357 e. The number of H-pyrrole nitrogens is 1. The lowest BCUT2D eigenvalue weighted by Gasteiger charge is -2.07. The van der Waals surface area contributed by atoms with E-state index in [0.29, 0.717) is 22.3 Å². The second-order valence-corrected chi connectivity index (χ2v) is 7.22. The Balaban J connectivity index is 1.37. The minimum absolute atomic E-state index is 0.0668. The van der Waals surface area contributed by atoms with Gasteiger partial charge in [-0.25, -0.2) is 14.6 Å². The largest absolute Gasteiger partial charge is 0.461 e. The number of nitrogens with zero attached hydrogens (tertiary/aromatic N) is 4. The van der Waals surface area contributed by atoms with Gasteiger partial charge in [0.2, 0.25) is 0 Å². The van der Waals surface area contributed by atoms with Crippen LogP contribution in [-0.4, -0.2) is 36.9 Å². The van der Waals surface area contributed by atoms with E-state index in [4.69, 9.17) is 4.74 Å². The van der Waals surface area contributed by atoms with E-state index in [9.17, 15) is 14.4 Å². The third kappa shape index (κ3) is 3.87. The van der Waals surface area contributed by atoms with Gasteiger partial charge < -0.3 is 9.72 Å². The molecule has 3 heterocycles. The smallest absolute Gasteiger partial charge is 0.357 e. The Hall–Kier alpha value is -3.53. The zero-order valence-corrected chi connectivity index (χ0v) is 16.3. The van der Waals surface area contributed by atoms with Crippen LogP contribution in [0.25, 0.3) is 21.5 Å². The van der Waals surface area contributed by atoms with Crippen LogP contribution >= 0.6 is 11.3 Å². The molecule has 0 spiro atoms. The standard InChI is InChI=1S/C19H17N5O4S/c1-23-10-12(9-20-23)16-21-15(11-29-16)18(26)28-8-4-7-24-17(25)13-5-2-3-6-14(13)22-19(24)27/h2-3,5-6,9-11H,4,7-8H2,1H3,(H,22,27). The van der Waals surface area contributed by atoms with Crippen LogP contribution in [0.15, 0.2) is 51.6 Å². The molecule has 0 amide bonds. The maximum atomic E-state index is 12.5. The molecule has 1 N–H and O–H groups in total. The van der Waals surface area contributed by atoms with Crippen LogP contribution in [0.3, 0.4) is 0 Å². The Morgan fingerprint density at radius 3 is 2.90 bits per heavy atom. The maximum absolute atomic E-state index is 12.5. The molecule has 148 valence electrons. The normalized spacial score (nSPS) is 11.1. The van der Waals surface area contributed by atoms with Crippen molar-refractivity contribution in [2.45, 2.75) is 13.0 Å². The lowest BCUT2D eigenvalue weighted by Crippen LogP contribution is -2.35. The molecule has 0 atom stereocenters. The summed E-state index contributed by atoms with van der Waals surface area (Å²) in [5.74, 6) is -0.545. The summed E-state index contributed by atoms with van der Waals surface area (Å²) in [6.07, 6.45) is 3.81. The highest BCUT2D eigenvalue weighted by atomic mass is 32.1. The van der Waals surface area contributed by atoms with E-state index in [1.54, 1.807) is 47.6 Å². The Kier molecular flexibility index (Phi) is 5.09. The van der Waals surface area contributed by atoms with Crippen molar-refractivity contribution in [2.75, 3.05) is 6.61 Å². The van der Waals surface area contributed by atoms with Crippen molar-refractivity contribution in [3.63, 3.8) is 0 Å². The molecule has 0 radical (unpaired) electrons. The van der Waals surface area contributed by atoms with Crippen molar-refractivity contribution in [1.29, 1.82) is 0 Å². The van der Waals surface area contributed by atoms with Crippen LogP contribution in [-0.2, 0) is 18.3 Å². The van der Waals surface area contributed by atoms with Gasteiger partial charge >= 0.3 is 11.7 Å². The number of para-hydroxylation sites is 1. The van der Waals surface area contributed by atoms with Crippen LogP contribution in [0.2, 0.25) is 0 Å². The van der Waals surface area contributed by atoms with Gasteiger partial charge in [0.25, 0.3) is 5.56 Å². The zero-order chi connectivity index (χ0) is 20.4. The topological polar surface area (TPSA) is 112 Å². The van der Waals surface area contributed by atoms with E-state index in [0.717, 1.165) is 10.1 Å². The van der Waals surface area contributed by atoms with Crippen molar-refractivity contribution in [2.24, 2.45) is 7.05 Å². The predicted octanol–water partition coefficient (Wildman–Crippen LogP) is 1.79. The highest BCUT2D eigenvalue weighted by molar-refractivity contribution is 7.13. The summed E-state index contributed by atoms with van der Waals surface area (Å²) >= 11 is 1.33. The van der Waals surface area contributed by atoms with Crippen LogP contribution in [0.4, 0.5) is 0 Å². The SMILES string of the molecule is Cn1cc(-c2nc(C(=O)OCCCn3c(=O)[nH]c4ccccc4c3=O)cs2)cn1. The Morgan fingerprint density at radius 1 is 1.28 bits per heavy atom. The monoisotopic (exact) mass is 411 g/mol. The van der Waals surface area contributed by atoms with Crippen LogP contribution < -0.4 is 11.2 Å². The van der Waals surface area contributed by atoms with Crippen molar-refractivity contribution < 1.29 is 9.53 Å². The van der Waals surface area contributed by atoms with Crippen molar-refractivity contribution in [3.8, 4) is 10.6 Å². The van der Waals surface area contributed by atoms with Gasteiger partial charge in [-0.3, -0.25) is 14.0 Å². The molecule has 0 saturated carbocycles. The molecular weight excluding hydrogens is 394 g/mol. The molecule has 10 heteroatoms. The molecule has 1 aromatic carbocycles. The first kappa shape index (κ1) is 18.8. The minimum atomic E-state index is -0.545. The summed E-state index contributed by atoms with van der Waals surface area (Å²) in [6, 6.07) is 6.82. The van der Waals surface area contributed by atoms with E-state index < -0.39 is 11.7 Å². The first-order chi connectivity index (χ1) is 14.0. The molecule has 0 aliphatic heterocycles. The lowest BCUT2D eigenvalue weighted by atomic mass is 10.2. The van der Waals surface area contributed by atoms with E-state index in [1.165, 1.54) is 11.3 Å². The zero-order valence-electron chi connectivity index (χ0n) is 15.5. The number of fused-ring (bicyclic) bond motifs is 1. The summed E-state index contributed by atoms with van der Waals surface area (Å²) < 4.78 is 8.00. The van der Waals surface area contributed by atoms with Gasteiger partial charge in [0.1, 0.15) is 5.01 Å². The third-order valence-corrected chi connectivity index (χ3v) is 5.21. The second kappa shape index (κ2) is 7.84. The Bertz CT molecular complexity index is 1300. The summed E-state index contributed by atoms with van der Waals surface area (Å²) in [4.78, 5) is 43.7. The summed E-state index contributed by atoms with van der Waals surface area (Å²) in [5.41, 5.74) is 0.691. The van der Waals surface area contributed by atoms with Crippen LogP contribution in [0, 0.1) is 0 Å². The molecule has 0 unspecified atom stereocenters. The number of carbonyl (C=O) groups excluding carboxylic acids is 1. The van der Waals surface area contributed by atoms with Gasteiger partial charge in [-0.05, 0) is 18.6 Å². The number of nitrogens with one attached hydrogen (secondary N) is 1. The number of hydrogen-bond acceptors (Lipinski definition) is 7. The van der Waals surface area contributed by atoms with Gasteiger partial charge in [0.15, 0.2) is 5.69 Å². The Morgan fingerprint density at radius 2 is 2.10 bits per heavy atom. The first-order valence-corrected chi connectivity index (χ1v) is 9.74. The van der Waals surface area contributed by atoms with Gasteiger partial charge in [0, 0.05) is 30.7 Å². The summed E-state index contributed by atoms with van der Waals surface area (Å²) in [6.45, 7) is 0.210. The molecule has 0 saturated heterocycles. The van der Waals surface area contributed by atoms with Crippen molar-refractivity contribution >= 4 is 28.2 Å². The van der Waals surface area contributed by atoms with E-state index in [2.05, 4.69) is 15.1 Å². The van der Waals surface area contributed by atoms with Crippen molar-refractivity contribution in [1.82, 2.24) is 24.3 Å². The average Bonchev–Trinajstić information content (AvgIpc) is 3.36. The van der Waals surface area contributed by atoms with E-state index in [1.807, 2.05) is 6.20 Å². The molecule has 0 aliphatic rings. The van der Waals surface area contributed by atoms with Crippen molar-refractivity contribution in [3.05, 3.63) is 68.6 Å². The molecule has 0 bridgehead atoms. The predicted molar refractivity (Wildman–Crippen MR) is 108 cm³/mol. The van der Waals surface area contributed by atoms with Gasteiger partial charge in [-0.2, -0.15) is 5.10 Å². The number of ether oxygens (including phenoxy) is 1. The lowest BCUT2D eigenvalue weighted by molar-refractivity contribution is 0.0489. The highest BCUT2D eigenvalue weighted by Crippen LogP contribution is 2.23. The van der Waals surface area contributed by atoms with Crippen LogP contribution in [0.1, 0.15) is 16.9 Å². The molecule has 3 aromatic heterocycles.